The van der Waals surface area contributed by atoms with Crippen molar-refractivity contribution in [3.8, 4) is 0 Å². The van der Waals surface area contributed by atoms with Crippen LogP contribution in [0.25, 0.3) is 0 Å². The van der Waals surface area contributed by atoms with Crippen molar-refractivity contribution in [2.45, 2.75) is 25.9 Å². The summed E-state index contributed by atoms with van der Waals surface area (Å²) in [5.74, 6) is -0.835. The van der Waals surface area contributed by atoms with E-state index in [1.165, 1.54) is 17.0 Å². The van der Waals surface area contributed by atoms with Gasteiger partial charge in [-0.15, -0.1) is 0 Å². The molecule has 1 N–H and O–H groups in total. The standard InChI is InChI=1S/C21H24ClFN2O3/c1-15(21(27)24-11-12-28-2)25(14-17-5-9-19(23)10-6-17)20(26)13-16-3-7-18(22)8-4-16/h3-10,15H,11-14H2,1-2H3,(H,24,27). The Bertz CT molecular complexity index is 781. The van der Waals surface area contributed by atoms with Crippen LogP contribution in [0, 0.1) is 5.82 Å². The number of rotatable bonds is 9. The van der Waals surface area contributed by atoms with E-state index in [-0.39, 0.29) is 30.6 Å². The molecule has 7 heteroatoms. The average molecular weight is 407 g/mol. The number of hydrogen-bond acceptors (Lipinski definition) is 3. The van der Waals surface area contributed by atoms with E-state index in [9.17, 15) is 14.0 Å². The number of methoxy groups -OCH3 is 1. The quantitative estimate of drug-likeness (QED) is 0.650. The monoisotopic (exact) mass is 406 g/mol. The van der Waals surface area contributed by atoms with Gasteiger partial charge in [0, 0.05) is 25.2 Å². The molecule has 0 heterocycles. The van der Waals surface area contributed by atoms with E-state index in [1.54, 1.807) is 50.4 Å². The first-order valence-corrected chi connectivity index (χ1v) is 9.33. The van der Waals surface area contributed by atoms with E-state index >= 15 is 0 Å². The Morgan fingerprint density at radius 1 is 1.11 bits per heavy atom. The second-order valence-corrected chi connectivity index (χ2v) is 6.85. The van der Waals surface area contributed by atoms with Gasteiger partial charge >= 0.3 is 0 Å². The van der Waals surface area contributed by atoms with Gasteiger partial charge in [0.25, 0.3) is 0 Å². The largest absolute Gasteiger partial charge is 0.383 e. The lowest BCUT2D eigenvalue weighted by molar-refractivity contribution is -0.140. The molecule has 2 aromatic carbocycles. The Hall–Kier alpha value is -2.44. The van der Waals surface area contributed by atoms with Crippen LogP contribution in [0.4, 0.5) is 4.39 Å². The van der Waals surface area contributed by atoms with E-state index in [0.29, 0.717) is 18.2 Å². The van der Waals surface area contributed by atoms with Crippen molar-refractivity contribution in [3.05, 3.63) is 70.5 Å². The van der Waals surface area contributed by atoms with Crippen LogP contribution >= 0.6 is 11.6 Å². The van der Waals surface area contributed by atoms with Gasteiger partial charge in [0.2, 0.25) is 11.8 Å². The zero-order valence-electron chi connectivity index (χ0n) is 16.0. The van der Waals surface area contributed by atoms with Gasteiger partial charge in [-0.05, 0) is 42.3 Å². The van der Waals surface area contributed by atoms with Gasteiger partial charge in [0.1, 0.15) is 11.9 Å². The highest BCUT2D eigenvalue weighted by molar-refractivity contribution is 6.30. The summed E-state index contributed by atoms with van der Waals surface area (Å²) in [5, 5.41) is 3.34. The molecule has 5 nitrogen and oxygen atoms in total. The maximum atomic E-state index is 13.2. The molecule has 0 aliphatic heterocycles. The Labute approximate surface area is 169 Å². The highest BCUT2D eigenvalue weighted by atomic mass is 35.5. The molecule has 0 aliphatic carbocycles. The summed E-state index contributed by atoms with van der Waals surface area (Å²) in [5.41, 5.74) is 1.54. The number of nitrogens with one attached hydrogen (secondary N) is 1. The Kier molecular flexibility index (Phi) is 8.42. The van der Waals surface area contributed by atoms with E-state index in [2.05, 4.69) is 5.32 Å². The number of hydrogen-bond donors (Lipinski definition) is 1. The van der Waals surface area contributed by atoms with Crippen LogP contribution in [-0.4, -0.2) is 43.0 Å². The average Bonchev–Trinajstić information content (AvgIpc) is 2.68. The van der Waals surface area contributed by atoms with Crippen LogP contribution in [0.1, 0.15) is 18.1 Å². The summed E-state index contributed by atoms with van der Waals surface area (Å²) in [4.78, 5) is 26.9. The molecule has 0 saturated carbocycles. The lowest BCUT2D eigenvalue weighted by atomic mass is 10.1. The first kappa shape index (κ1) is 21.9. The number of carbonyl (C=O) groups excluding carboxylic acids is 2. The molecule has 1 unspecified atom stereocenters. The van der Waals surface area contributed by atoms with Crippen LogP contribution in [0.2, 0.25) is 5.02 Å². The minimum absolute atomic E-state index is 0.133. The third-order valence-corrected chi connectivity index (χ3v) is 4.56. The second kappa shape index (κ2) is 10.8. The Balaban J connectivity index is 2.15. The van der Waals surface area contributed by atoms with E-state index in [4.69, 9.17) is 16.3 Å². The third-order valence-electron chi connectivity index (χ3n) is 4.31. The molecular weight excluding hydrogens is 383 g/mol. The van der Waals surface area contributed by atoms with Gasteiger partial charge in [-0.3, -0.25) is 9.59 Å². The summed E-state index contributed by atoms with van der Waals surface area (Å²) >= 11 is 5.89. The van der Waals surface area contributed by atoms with E-state index < -0.39 is 6.04 Å². The summed E-state index contributed by atoms with van der Waals surface area (Å²) < 4.78 is 18.1. The summed E-state index contributed by atoms with van der Waals surface area (Å²) in [6.07, 6.45) is 0.133. The molecule has 0 saturated heterocycles. The van der Waals surface area contributed by atoms with E-state index in [0.717, 1.165) is 11.1 Å². The highest BCUT2D eigenvalue weighted by Gasteiger charge is 2.26. The molecule has 28 heavy (non-hydrogen) atoms. The number of ether oxygens (including phenoxy) is 1. The molecule has 0 aliphatic rings. The molecule has 2 amide bonds. The molecule has 1 atom stereocenters. The predicted octanol–water partition coefficient (Wildman–Crippen LogP) is 3.20. The number of halogens is 2. The van der Waals surface area contributed by atoms with Crippen LogP contribution in [0.3, 0.4) is 0 Å². The van der Waals surface area contributed by atoms with Crippen LogP contribution in [0.5, 0.6) is 0 Å². The van der Waals surface area contributed by atoms with Crippen molar-refractivity contribution in [2.24, 2.45) is 0 Å². The molecule has 0 aromatic heterocycles. The SMILES string of the molecule is COCCNC(=O)C(C)N(Cc1ccc(F)cc1)C(=O)Cc1ccc(Cl)cc1. The van der Waals surface area contributed by atoms with Gasteiger partial charge in [0.05, 0.1) is 13.0 Å². The summed E-state index contributed by atoms with van der Waals surface area (Å²) in [7, 11) is 1.55. The fourth-order valence-electron chi connectivity index (χ4n) is 2.67. The minimum Gasteiger partial charge on any atom is -0.383 e. The number of benzene rings is 2. The van der Waals surface area contributed by atoms with Crippen molar-refractivity contribution in [2.75, 3.05) is 20.3 Å². The van der Waals surface area contributed by atoms with Gasteiger partial charge < -0.3 is 15.0 Å². The van der Waals surface area contributed by atoms with Crippen molar-refractivity contribution in [1.29, 1.82) is 0 Å². The van der Waals surface area contributed by atoms with Crippen molar-refractivity contribution < 1.29 is 18.7 Å². The molecule has 0 radical (unpaired) electrons. The fourth-order valence-corrected chi connectivity index (χ4v) is 2.80. The molecule has 150 valence electrons. The molecule has 2 aromatic rings. The summed E-state index contributed by atoms with van der Waals surface area (Å²) in [6, 6.07) is 12.2. The minimum atomic E-state index is -0.693. The maximum Gasteiger partial charge on any atom is 0.242 e. The van der Waals surface area contributed by atoms with Gasteiger partial charge in [-0.2, -0.15) is 0 Å². The number of carbonyl (C=O) groups is 2. The lowest BCUT2D eigenvalue weighted by Gasteiger charge is -2.29. The Morgan fingerprint density at radius 3 is 2.32 bits per heavy atom. The second-order valence-electron chi connectivity index (χ2n) is 6.41. The van der Waals surface area contributed by atoms with Crippen LogP contribution in [0.15, 0.2) is 48.5 Å². The van der Waals surface area contributed by atoms with Crippen molar-refractivity contribution >= 4 is 23.4 Å². The van der Waals surface area contributed by atoms with Crippen LogP contribution < -0.4 is 5.32 Å². The maximum absolute atomic E-state index is 13.2. The van der Waals surface area contributed by atoms with Crippen molar-refractivity contribution in [3.63, 3.8) is 0 Å². The highest BCUT2D eigenvalue weighted by Crippen LogP contribution is 2.15. The zero-order chi connectivity index (χ0) is 20.5. The fraction of sp³-hybridized carbons (Fsp3) is 0.333. The number of amides is 2. The molecule has 0 spiro atoms. The first-order chi connectivity index (χ1) is 13.4. The normalized spacial score (nSPS) is 11.7. The van der Waals surface area contributed by atoms with Gasteiger partial charge in [-0.25, -0.2) is 4.39 Å². The predicted molar refractivity (Wildman–Crippen MR) is 106 cm³/mol. The molecular formula is C21H24ClFN2O3. The number of nitrogens with zero attached hydrogens (tertiary/aromatic N) is 1. The third kappa shape index (κ3) is 6.62. The van der Waals surface area contributed by atoms with Gasteiger partial charge in [-0.1, -0.05) is 35.9 Å². The lowest BCUT2D eigenvalue weighted by Crippen LogP contribution is -2.48. The molecule has 0 fully saturated rings. The smallest absolute Gasteiger partial charge is 0.242 e. The first-order valence-electron chi connectivity index (χ1n) is 8.95. The van der Waals surface area contributed by atoms with E-state index in [1.807, 2.05) is 0 Å². The summed E-state index contributed by atoms with van der Waals surface area (Å²) in [6.45, 7) is 2.61. The zero-order valence-corrected chi connectivity index (χ0v) is 16.7. The molecule has 2 rings (SSSR count). The van der Waals surface area contributed by atoms with Crippen molar-refractivity contribution in [1.82, 2.24) is 10.2 Å². The Morgan fingerprint density at radius 2 is 1.71 bits per heavy atom. The van der Waals surface area contributed by atoms with Crippen LogP contribution in [-0.2, 0) is 27.3 Å². The molecule has 0 bridgehead atoms. The van der Waals surface area contributed by atoms with Gasteiger partial charge in [0.15, 0.2) is 0 Å². The topological polar surface area (TPSA) is 58.6 Å².